The lowest BCUT2D eigenvalue weighted by atomic mass is 10.0. The van der Waals surface area contributed by atoms with Gasteiger partial charge in [-0.25, -0.2) is 4.57 Å². The molecular weight excluding hydrogens is 735 g/mol. The smallest absolute Gasteiger partial charge is 0.462 e. The summed E-state index contributed by atoms with van der Waals surface area (Å²) in [6.45, 7) is 3.76. The molecule has 0 radical (unpaired) electrons. The minimum atomic E-state index is -4.27. The molecule has 0 aliphatic heterocycles. The van der Waals surface area contributed by atoms with Gasteiger partial charge in [-0.1, -0.05) is 177 Å². The maximum absolute atomic E-state index is 12.5. The molecule has 0 heterocycles. The van der Waals surface area contributed by atoms with Gasteiger partial charge in [0, 0.05) is 20.0 Å². The highest BCUT2D eigenvalue weighted by Gasteiger charge is 2.24. The van der Waals surface area contributed by atoms with Crippen molar-refractivity contribution in [2.45, 2.75) is 213 Å². The maximum Gasteiger partial charge on any atom is 0.472 e. The van der Waals surface area contributed by atoms with Crippen LogP contribution >= 0.6 is 7.82 Å². The van der Waals surface area contributed by atoms with Crippen molar-refractivity contribution in [1.82, 2.24) is 0 Å². The third-order valence-electron chi connectivity index (χ3n) is 9.75. The molecule has 0 aliphatic carbocycles. The number of allylic oxidation sites excluding steroid dienone is 10. The topological polar surface area (TPSA) is 108 Å². The van der Waals surface area contributed by atoms with Gasteiger partial charge in [-0.3, -0.25) is 18.6 Å². The zero-order valence-corrected chi connectivity index (χ0v) is 37.6. The number of carbonyl (C=O) groups is 2. The number of ether oxygens (including phenoxy) is 2. The molecule has 0 aromatic carbocycles. The lowest BCUT2D eigenvalue weighted by Crippen LogP contribution is -2.29. The Morgan fingerprint density at radius 1 is 0.509 bits per heavy atom. The third kappa shape index (κ3) is 43.2. The summed E-state index contributed by atoms with van der Waals surface area (Å²) in [5, 5.41) is 0. The van der Waals surface area contributed by atoms with E-state index in [4.69, 9.17) is 14.0 Å². The van der Waals surface area contributed by atoms with E-state index >= 15 is 0 Å². The lowest BCUT2D eigenvalue weighted by Gasteiger charge is -2.19. The minimum absolute atomic E-state index is 0.223. The fourth-order valence-corrected chi connectivity index (χ4v) is 6.69. The van der Waals surface area contributed by atoms with Gasteiger partial charge in [0.05, 0.1) is 6.61 Å². The summed E-state index contributed by atoms with van der Waals surface area (Å²) in [7, 11) is -3.21. The minimum Gasteiger partial charge on any atom is -0.462 e. The predicted octanol–water partition coefficient (Wildman–Crippen LogP) is 14.7. The Morgan fingerprint density at radius 2 is 0.895 bits per heavy atom. The molecule has 0 rings (SSSR count). The molecule has 0 amide bonds. The first-order chi connectivity index (χ1) is 27.8. The van der Waals surface area contributed by atoms with Crippen LogP contribution in [-0.4, -0.2) is 43.3 Å². The van der Waals surface area contributed by atoms with E-state index in [0.29, 0.717) is 6.42 Å². The van der Waals surface area contributed by atoms with Crippen molar-refractivity contribution in [3.8, 4) is 0 Å². The molecule has 2 unspecified atom stereocenters. The molecule has 8 nitrogen and oxygen atoms in total. The number of hydrogen-bond donors (Lipinski definition) is 1. The summed E-state index contributed by atoms with van der Waals surface area (Å²) in [4.78, 5) is 34.5. The van der Waals surface area contributed by atoms with Crippen molar-refractivity contribution in [2.75, 3.05) is 20.3 Å². The molecule has 0 fully saturated rings. The summed E-state index contributed by atoms with van der Waals surface area (Å²) in [6.07, 6.45) is 54.2. The normalized spacial score (nSPS) is 13.8. The Hall–Kier alpha value is -2.25. The maximum atomic E-state index is 12.5. The zero-order valence-electron chi connectivity index (χ0n) is 36.7. The van der Waals surface area contributed by atoms with Gasteiger partial charge in [0.2, 0.25) is 0 Å². The Bertz CT molecular complexity index is 1110. The number of rotatable bonds is 42. The van der Waals surface area contributed by atoms with Crippen molar-refractivity contribution in [3.05, 3.63) is 60.8 Å². The molecule has 57 heavy (non-hydrogen) atoms. The second-order valence-electron chi connectivity index (χ2n) is 15.2. The van der Waals surface area contributed by atoms with Crippen LogP contribution in [0.3, 0.4) is 0 Å². The van der Waals surface area contributed by atoms with Crippen LogP contribution in [0.5, 0.6) is 0 Å². The van der Waals surface area contributed by atoms with Gasteiger partial charge >= 0.3 is 19.8 Å². The molecule has 330 valence electrons. The standard InChI is InChI=1S/C48H85O8P/c1-4-6-8-10-12-14-16-18-20-21-22-23-24-25-26-27-29-30-32-34-36-38-40-42-47(49)54-44-46(45-55-57(51,52)53-3)56-48(50)43-41-39-37-35-33-31-28-19-17-15-13-11-9-7-5-2/h7,9,13,15-16,18-19,21-22,28,46H,4-6,8,10-12,14,17,20,23-27,29-45H2,1-3H3,(H,51,52)/b9-7-,15-13-,18-16-,22-21-,28-19-. The van der Waals surface area contributed by atoms with Crippen LogP contribution in [0, 0.1) is 0 Å². The van der Waals surface area contributed by atoms with Gasteiger partial charge in [-0.05, 0) is 77.0 Å². The van der Waals surface area contributed by atoms with Crippen LogP contribution in [0.15, 0.2) is 60.8 Å². The Morgan fingerprint density at radius 3 is 1.33 bits per heavy atom. The SMILES string of the molecule is CC/C=C\C/C=C\C/C=C\CCCCCCCC(=O)OC(COC(=O)CCCCCCCCCCCCC/C=C\C/C=C\CCCCCCC)COP(=O)(O)OC. The molecule has 0 spiro atoms. The summed E-state index contributed by atoms with van der Waals surface area (Å²) in [6, 6.07) is 0. The fraction of sp³-hybridized carbons (Fsp3) is 0.750. The summed E-state index contributed by atoms with van der Waals surface area (Å²) in [5.74, 6) is -0.826. The van der Waals surface area contributed by atoms with Crippen LogP contribution < -0.4 is 0 Å². The van der Waals surface area contributed by atoms with Gasteiger partial charge in [0.1, 0.15) is 6.61 Å². The number of carbonyl (C=O) groups excluding carboxylic acids is 2. The second-order valence-corrected chi connectivity index (χ2v) is 16.7. The van der Waals surface area contributed by atoms with E-state index < -0.39 is 26.5 Å². The average molecular weight is 821 g/mol. The van der Waals surface area contributed by atoms with Gasteiger partial charge < -0.3 is 14.4 Å². The first-order valence-electron chi connectivity index (χ1n) is 23.0. The van der Waals surface area contributed by atoms with Crippen LogP contribution in [0.2, 0.25) is 0 Å². The quantitative estimate of drug-likeness (QED) is 0.0281. The van der Waals surface area contributed by atoms with Crippen LogP contribution in [0.1, 0.15) is 206 Å². The number of phosphoric ester groups is 1. The summed E-state index contributed by atoms with van der Waals surface area (Å²) >= 11 is 0. The lowest BCUT2D eigenvalue weighted by molar-refractivity contribution is -0.161. The molecule has 0 aromatic rings. The van der Waals surface area contributed by atoms with Crippen LogP contribution in [0.25, 0.3) is 0 Å². The van der Waals surface area contributed by atoms with E-state index in [1.165, 1.54) is 96.3 Å². The van der Waals surface area contributed by atoms with Crippen molar-refractivity contribution in [2.24, 2.45) is 0 Å². The predicted molar refractivity (Wildman–Crippen MR) is 239 cm³/mol. The first kappa shape index (κ1) is 54.8. The Labute approximate surface area is 350 Å². The van der Waals surface area contributed by atoms with Gasteiger partial charge in [0.15, 0.2) is 6.10 Å². The van der Waals surface area contributed by atoms with Gasteiger partial charge in [0.25, 0.3) is 0 Å². The Kier molecular flexibility index (Phi) is 41.6. The van der Waals surface area contributed by atoms with E-state index in [9.17, 15) is 19.0 Å². The van der Waals surface area contributed by atoms with Crippen molar-refractivity contribution in [1.29, 1.82) is 0 Å². The van der Waals surface area contributed by atoms with E-state index in [-0.39, 0.29) is 25.4 Å². The number of phosphoric acid groups is 1. The van der Waals surface area contributed by atoms with Gasteiger partial charge in [-0.15, -0.1) is 0 Å². The molecule has 0 aliphatic rings. The molecular formula is C48H85O8P. The molecule has 0 bridgehead atoms. The molecule has 2 atom stereocenters. The van der Waals surface area contributed by atoms with Crippen molar-refractivity contribution in [3.63, 3.8) is 0 Å². The first-order valence-corrected chi connectivity index (χ1v) is 24.5. The fourth-order valence-electron chi connectivity index (χ4n) is 6.23. The molecule has 0 saturated carbocycles. The molecule has 9 heteroatoms. The molecule has 1 N–H and O–H groups in total. The largest absolute Gasteiger partial charge is 0.472 e. The summed E-state index contributed by atoms with van der Waals surface area (Å²) < 4.78 is 32.0. The van der Waals surface area contributed by atoms with E-state index in [1.807, 2.05) is 0 Å². The third-order valence-corrected chi connectivity index (χ3v) is 10.7. The molecule has 0 saturated heterocycles. The highest BCUT2D eigenvalue weighted by atomic mass is 31.2. The highest BCUT2D eigenvalue weighted by molar-refractivity contribution is 7.47. The van der Waals surface area contributed by atoms with E-state index in [0.717, 1.165) is 84.2 Å². The number of unbranched alkanes of at least 4 members (excludes halogenated alkanes) is 21. The Balaban J connectivity index is 3.95. The number of hydrogen-bond acceptors (Lipinski definition) is 7. The van der Waals surface area contributed by atoms with Crippen LogP contribution in [-0.2, 0) is 32.7 Å². The van der Waals surface area contributed by atoms with E-state index in [1.54, 1.807) is 0 Å². The second kappa shape index (κ2) is 43.3. The highest BCUT2D eigenvalue weighted by Crippen LogP contribution is 2.42. The monoisotopic (exact) mass is 821 g/mol. The van der Waals surface area contributed by atoms with Crippen molar-refractivity contribution >= 4 is 19.8 Å². The summed E-state index contributed by atoms with van der Waals surface area (Å²) in [5.41, 5.74) is 0. The number of esters is 2. The average Bonchev–Trinajstić information content (AvgIpc) is 3.20. The van der Waals surface area contributed by atoms with Crippen molar-refractivity contribution < 1.29 is 37.6 Å². The molecule has 0 aromatic heterocycles. The zero-order chi connectivity index (χ0) is 41.8. The van der Waals surface area contributed by atoms with Crippen LogP contribution in [0.4, 0.5) is 0 Å². The van der Waals surface area contributed by atoms with Gasteiger partial charge in [-0.2, -0.15) is 0 Å². The van der Waals surface area contributed by atoms with E-state index in [2.05, 4.69) is 79.1 Å².